The molecule has 6 nitrogen and oxygen atoms in total. The maximum atomic E-state index is 12.2. The largest absolute Gasteiger partial charge is 0.493 e. The third-order valence-corrected chi connectivity index (χ3v) is 3.83. The van der Waals surface area contributed by atoms with Crippen LogP contribution in [0.25, 0.3) is 0 Å². The highest BCUT2D eigenvalue weighted by molar-refractivity contribution is 5.88. The lowest BCUT2D eigenvalue weighted by atomic mass is 10.0. The summed E-state index contributed by atoms with van der Waals surface area (Å²) in [5.74, 6) is 2.23. The standard InChI is InChI=1S/C17H21N3O3/c1-11(2)15-10-16(20-23-15)19-17(21)18-13-7-5-9-22-14-8-4-3-6-12(13)14/h3-4,6,8,10-11,13H,5,7,9H2,1-2H3,(H2,18,19,20,21). The van der Waals surface area contributed by atoms with E-state index in [4.69, 9.17) is 9.26 Å². The van der Waals surface area contributed by atoms with E-state index in [-0.39, 0.29) is 18.0 Å². The number of hydrogen-bond donors (Lipinski definition) is 2. The van der Waals surface area contributed by atoms with Gasteiger partial charge in [0, 0.05) is 17.5 Å². The van der Waals surface area contributed by atoms with Crippen molar-refractivity contribution in [3.8, 4) is 5.75 Å². The first-order chi connectivity index (χ1) is 11.1. The van der Waals surface area contributed by atoms with E-state index >= 15 is 0 Å². The van der Waals surface area contributed by atoms with E-state index in [0.717, 1.165) is 29.9 Å². The quantitative estimate of drug-likeness (QED) is 0.902. The number of fused-ring (bicyclic) bond motifs is 1. The van der Waals surface area contributed by atoms with Gasteiger partial charge in [0.1, 0.15) is 11.5 Å². The Bertz CT molecular complexity index is 681. The van der Waals surface area contributed by atoms with Crippen LogP contribution in [0.3, 0.4) is 0 Å². The molecule has 0 aliphatic carbocycles. The Kier molecular flexibility index (Phi) is 4.50. The summed E-state index contributed by atoms with van der Waals surface area (Å²) in [6.07, 6.45) is 1.72. The molecule has 2 amide bonds. The summed E-state index contributed by atoms with van der Waals surface area (Å²) < 4.78 is 10.9. The van der Waals surface area contributed by atoms with Crippen LogP contribution in [0.1, 0.15) is 50.0 Å². The molecule has 0 saturated carbocycles. The Hall–Kier alpha value is -2.50. The fourth-order valence-corrected chi connectivity index (χ4v) is 2.61. The summed E-state index contributed by atoms with van der Waals surface area (Å²) >= 11 is 0. The second kappa shape index (κ2) is 6.73. The lowest BCUT2D eigenvalue weighted by Gasteiger charge is -2.18. The fourth-order valence-electron chi connectivity index (χ4n) is 2.61. The number of carbonyl (C=O) groups is 1. The third-order valence-electron chi connectivity index (χ3n) is 3.83. The van der Waals surface area contributed by atoms with Gasteiger partial charge in [0.25, 0.3) is 0 Å². The lowest BCUT2D eigenvalue weighted by Crippen LogP contribution is -2.32. The Balaban J connectivity index is 1.67. The molecule has 0 radical (unpaired) electrons. The van der Waals surface area contributed by atoms with Crippen LogP contribution in [-0.2, 0) is 0 Å². The summed E-state index contributed by atoms with van der Waals surface area (Å²) in [5, 5.41) is 9.57. The molecule has 1 aliphatic heterocycles. The van der Waals surface area contributed by atoms with E-state index in [1.807, 2.05) is 38.1 Å². The number of urea groups is 1. The van der Waals surface area contributed by atoms with E-state index in [1.165, 1.54) is 0 Å². The molecule has 1 unspecified atom stereocenters. The zero-order chi connectivity index (χ0) is 16.2. The van der Waals surface area contributed by atoms with Gasteiger partial charge in [0.2, 0.25) is 0 Å². The van der Waals surface area contributed by atoms with Crippen molar-refractivity contribution in [3.63, 3.8) is 0 Å². The van der Waals surface area contributed by atoms with E-state index in [2.05, 4.69) is 15.8 Å². The van der Waals surface area contributed by atoms with Crippen molar-refractivity contribution in [1.82, 2.24) is 10.5 Å². The Morgan fingerprint density at radius 2 is 2.17 bits per heavy atom. The van der Waals surface area contributed by atoms with Crippen molar-refractivity contribution in [2.24, 2.45) is 0 Å². The molecule has 1 aromatic heterocycles. The summed E-state index contributed by atoms with van der Waals surface area (Å²) in [5.41, 5.74) is 1.00. The predicted molar refractivity (Wildman–Crippen MR) is 86.7 cm³/mol. The Labute approximate surface area is 135 Å². The van der Waals surface area contributed by atoms with E-state index in [1.54, 1.807) is 6.07 Å². The van der Waals surface area contributed by atoms with Gasteiger partial charge in [0.15, 0.2) is 5.82 Å². The fraction of sp³-hybridized carbons (Fsp3) is 0.412. The summed E-state index contributed by atoms with van der Waals surface area (Å²) in [6, 6.07) is 9.17. The van der Waals surface area contributed by atoms with Gasteiger partial charge in [-0.3, -0.25) is 5.32 Å². The molecule has 0 spiro atoms. The number of hydrogen-bond acceptors (Lipinski definition) is 4. The van der Waals surface area contributed by atoms with Gasteiger partial charge in [0.05, 0.1) is 12.6 Å². The third kappa shape index (κ3) is 3.64. The molecule has 3 rings (SSSR count). The topological polar surface area (TPSA) is 76.4 Å². The molecule has 2 aromatic rings. The van der Waals surface area contributed by atoms with E-state index in [9.17, 15) is 4.79 Å². The average Bonchev–Trinajstić information content (AvgIpc) is 2.90. The van der Waals surface area contributed by atoms with Crippen molar-refractivity contribution >= 4 is 11.8 Å². The maximum absolute atomic E-state index is 12.2. The lowest BCUT2D eigenvalue weighted by molar-refractivity contribution is 0.247. The van der Waals surface area contributed by atoms with Crippen LogP contribution in [0.4, 0.5) is 10.6 Å². The molecule has 1 aromatic carbocycles. The predicted octanol–water partition coefficient (Wildman–Crippen LogP) is 3.83. The molecule has 0 saturated heterocycles. The summed E-state index contributed by atoms with van der Waals surface area (Å²) in [4.78, 5) is 12.2. The number of ether oxygens (including phenoxy) is 1. The number of nitrogens with zero attached hydrogens (tertiary/aromatic N) is 1. The number of aromatic nitrogens is 1. The number of nitrogens with one attached hydrogen (secondary N) is 2. The summed E-state index contributed by atoms with van der Waals surface area (Å²) in [7, 11) is 0. The molecule has 1 aliphatic rings. The molecule has 2 heterocycles. The van der Waals surface area contributed by atoms with Crippen molar-refractivity contribution in [2.45, 2.75) is 38.6 Å². The zero-order valence-electron chi connectivity index (χ0n) is 13.3. The van der Waals surface area contributed by atoms with Crippen LogP contribution >= 0.6 is 0 Å². The first kappa shape index (κ1) is 15.4. The van der Waals surface area contributed by atoms with Crippen LogP contribution in [0, 0.1) is 0 Å². The molecule has 2 N–H and O–H groups in total. The minimum Gasteiger partial charge on any atom is -0.493 e. The van der Waals surface area contributed by atoms with Gasteiger partial charge >= 0.3 is 6.03 Å². The number of benzene rings is 1. The highest BCUT2D eigenvalue weighted by atomic mass is 16.5. The Morgan fingerprint density at radius 3 is 2.96 bits per heavy atom. The van der Waals surface area contributed by atoms with Gasteiger partial charge in [-0.25, -0.2) is 4.79 Å². The van der Waals surface area contributed by atoms with Gasteiger partial charge in [-0.15, -0.1) is 0 Å². The molecule has 23 heavy (non-hydrogen) atoms. The zero-order valence-corrected chi connectivity index (χ0v) is 13.3. The second-order valence-electron chi connectivity index (χ2n) is 5.95. The maximum Gasteiger partial charge on any atom is 0.320 e. The van der Waals surface area contributed by atoms with Crippen LogP contribution in [-0.4, -0.2) is 17.8 Å². The molecule has 122 valence electrons. The number of carbonyl (C=O) groups excluding carboxylic acids is 1. The van der Waals surface area contributed by atoms with Gasteiger partial charge < -0.3 is 14.6 Å². The molecule has 0 bridgehead atoms. The van der Waals surface area contributed by atoms with Crippen LogP contribution in [0.15, 0.2) is 34.9 Å². The molecule has 1 atom stereocenters. The van der Waals surface area contributed by atoms with Crippen molar-refractivity contribution < 1.29 is 14.1 Å². The van der Waals surface area contributed by atoms with Gasteiger partial charge in [-0.05, 0) is 18.9 Å². The normalized spacial score (nSPS) is 17.1. The van der Waals surface area contributed by atoms with Gasteiger partial charge in [-0.2, -0.15) is 0 Å². The SMILES string of the molecule is CC(C)c1cc(NC(=O)NC2CCCOc3ccccc32)no1. The van der Waals surface area contributed by atoms with Crippen LogP contribution in [0.5, 0.6) is 5.75 Å². The Morgan fingerprint density at radius 1 is 1.35 bits per heavy atom. The highest BCUT2D eigenvalue weighted by Crippen LogP contribution is 2.31. The first-order valence-electron chi connectivity index (χ1n) is 7.89. The van der Waals surface area contributed by atoms with E-state index < -0.39 is 0 Å². The highest BCUT2D eigenvalue weighted by Gasteiger charge is 2.21. The van der Waals surface area contributed by atoms with Crippen LogP contribution < -0.4 is 15.4 Å². The van der Waals surface area contributed by atoms with Crippen LogP contribution in [0.2, 0.25) is 0 Å². The molecular formula is C17H21N3O3. The minimum absolute atomic E-state index is 0.0785. The number of anilines is 1. The van der Waals surface area contributed by atoms with E-state index in [0.29, 0.717) is 12.4 Å². The first-order valence-corrected chi connectivity index (χ1v) is 7.89. The smallest absolute Gasteiger partial charge is 0.320 e. The number of rotatable bonds is 3. The molecule has 0 fully saturated rings. The summed E-state index contributed by atoms with van der Waals surface area (Å²) in [6.45, 7) is 4.68. The second-order valence-corrected chi connectivity index (χ2v) is 5.95. The number of amides is 2. The van der Waals surface area contributed by atoms with Crippen molar-refractivity contribution in [2.75, 3.05) is 11.9 Å². The average molecular weight is 315 g/mol. The molecule has 6 heteroatoms. The van der Waals surface area contributed by atoms with Gasteiger partial charge in [-0.1, -0.05) is 37.2 Å². The molecular weight excluding hydrogens is 294 g/mol. The van der Waals surface area contributed by atoms with Crippen molar-refractivity contribution in [3.05, 3.63) is 41.7 Å². The van der Waals surface area contributed by atoms with Crippen molar-refractivity contribution in [1.29, 1.82) is 0 Å². The minimum atomic E-state index is -0.296. The number of para-hydroxylation sites is 1. The monoisotopic (exact) mass is 315 g/mol.